The molecule has 3 saturated carbocycles. The maximum atomic E-state index is 4.49. The summed E-state index contributed by atoms with van der Waals surface area (Å²) >= 11 is 0. The van der Waals surface area contributed by atoms with Gasteiger partial charge in [-0.15, -0.1) is 0 Å². The molecule has 19 heavy (non-hydrogen) atoms. The van der Waals surface area contributed by atoms with Crippen LogP contribution in [0, 0.1) is 23.7 Å². The SMILES string of the molecule is CC(NC1CC2CC1C1CCCC21)c1ccccn1. The molecule has 0 aliphatic heterocycles. The minimum atomic E-state index is 0.394. The second-order valence-corrected chi connectivity index (χ2v) is 6.90. The second-order valence-electron chi connectivity index (χ2n) is 6.90. The molecule has 2 bridgehead atoms. The Morgan fingerprint density at radius 1 is 1.16 bits per heavy atom. The first-order valence-corrected chi connectivity index (χ1v) is 8.00. The van der Waals surface area contributed by atoms with Gasteiger partial charge < -0.3 is 5.32 Å². The highest BCUT2D eigenvalue weighted by molar-refractivity contribution is 5.11. The Hall–Kier alpha value is -0.890. The van der Waals surface area contributed by atoms with Crippen molar-refractivity contribution < 1.29 is 0 Å². The highest BCUT2D eigenvalue weighted by Gasteiger charge is 2.53. The number of aromatic nitrogens is 1. The predicted octanol–water partition coefficient (Wildman–Crippen LogP) is 3.56. The quantitative estimate of drug-likeness (QED) is 0.894. The van der Waals surface area contributed by atoms with Gasteiger partial charge in [0.25, 0.3) is 0 Å². The summed E-state index contributed by atoms with van der Waals surface area (Å²) in [5.74, 6) is 4.13. The zero-order valence-corrected chi connectivity index (χ0v) is 11.8. The second kappa shape index (κ2) is 4.59. The minimum Gasteiger partial charge on any atom is -0.306 e. The van der Waals surface area contributed by atoms with E-state index in [0.29, 0.717) is 6.04 Å². The van der Waals surface area contributed by atoms with E-state index in [4.69, 9.17) is 0 Å². The molecular weight excluding hydrogens is 232 g/mol. The van der Waals surface area contributed by atoms with Crippen molar-refractivity contribution in [3.8, 4) is 0 Å². The van der Waals surface area contributed by atoms with Crippen LogP contribution in [0.15, 0.2) is 24.4 Å². The number of rotatable bonds is 3. The van der Waals surface area contributed by atoms with Gasteiger partial charge in [-0.2, -0.15) is 0 Å². The largest absolute Gasteiger partial charge is 0.306 e. The standard InChI is InChI=1S/C17H24N2/c1-11(16-7-2-3-8-18-16)19-17-10-12-9-15(17)14-6-4-5-13(12)14/h2-3,7-8,11-15,17,19H,4-6,9-10H2,1H3. The summed E-state index contributed by atoms with van der Waals surface area (Å²) in [4.78, 5) is 4.49. The van der Waals surface area contributed by atoms with Crippen LogP contribution in [-0.2, 0) is 0 Å². The van der Waals surface area contributed by atoms with E-state index in [-0.39, 0.29) is 0 Å². The van der Waals surface area contributed by atoms with Gasteiger partial charge in [-0.25, -0.2) is 0 Å². The monoisotopic (exact) mass is 256 g/mol. The third-order valence-electron chi connectivity index (χ3n) is 6.02. The summed E-state index contributed by atoms with van der Waals surface area (Å²) < 4.78 is 0. The summed E-state index contributed by atoms with van der Waals surface area (Å²) in [5.41, 5.74) is 1.19. The number of hydrogen-bond acceptors (Lipinski definition) is 2. The molecule has 0 spiro atoms. The Labute approximate surface area is 116 Å². The van der Waals surface area contributed by atoms with E-state index >= 15 is 0 Å². The smallest absolute Gasteiger partial charge is 0.0570 e. The molecule has 0 radical (unpaired) electrons. The van der Waals surface area contributed by atoms with Gasteiger partial charge in [0.15, 0.2) is 0 Å². The first-order valence-electron chi connectivity index (χ1n) is 8.00. The number of fused-ring (bicyclic) bond motifs is 5. The Morgan fingerprint density at radius 2 is 2.05 bits per heavy atom. The van der Waals surface area contributed by atoms with Crippen LogP contribution in [0.4, 0.5) is 0 Å². The molecule has 0 amide bonds. The van der Waals surface area contributed by atoms with E-state index in [1.807, 2.05) is 12.3 Å². The summed E-state index contributed by atoms with van der Waals surface area (Å²) in [6, 6.07) is 7.38. The highest BCUT2D eigenvalue weighted by atomic mass is 15.0. The molecule has 3 aliphatic carbocycles. The Morgan fingerprint density at radius 3 is 2.89 bits per heavy atom. The van der Waals surface area contributed by atoms with Crippen LogP contribution in [0.25, 0.3) is 0 Å². The molecule has 0 saturated heterocycles. The minimum absolute atomic E-state index is 0.394. The van der Waals surface area contributed by atoms with E-state index in [9.17, 15) is 0 Å². The van der Waals surface area contributed by atoms with Crippen LogP contribution in [0.1, 0.15) is 50.8 Å². The molecule has 1 heterocycles. The van der Waals surface area contributed by atoms with Crippen molar-refractivity contribution in [1.82, 2.24) is 10.3 Å². The lowest BCUT2D eigenvalue weighted by Gasteiger charge is -2.33. The van der Waals surface area contributed by atoms with Crippen molar-refractivity contribution in [2.75, 3.05) is 0 Å². The van der Waals surface area contributed by atoms with Gasteiger partial charge in [-0.05, 0) is 68.4 Å². The van der Waals surface area contributed by atoms with Crippen LogP contribution >= 0.6 is 0 Å². The van der Waals surface area contributed by atoms with Crippen molar-refractivity contribution in [3.63, 3.8) is 0 Å². The van der Waals surface area contributed by atoms with E-state index in [1.165, 1.54) is 37.8 Å². The Kier molecular flexibility index (Phi) is 2.87. The molecule has 1 aromatic heterocycles. The van der Waals surface area contributed by atoms with E-state index in [0.717, 1.165) is 29.7 Å². The van der Waals surface area contributed by atoms with Gasteiger partial charge >= 0.3 is 0 Å². The number of nitrogens with one attached hydrogen (secondary N) is 1. The number of nitrogens with zero attached hydrogens (tertiary/aromatic N) is 1. The molecule has 6 atom stereocenters. The fraction of sp³-hybridized carbons (Fsp3) is 0.706. The maximum Gasteiger partial charge on any atom is 0.0570 e. The molecule has 3 aliphatic rings. The van der Waals surface area contributed by atoms with E-state index in [1.54, 1.807) is 0 Å². The summed E-state index contributed by atoms with van der Waals surface area (Å²) in [6.07, 6.45) is 9.34. The molecule has 102 valence electrons. The zero-order valence-electron chi connectivity index (χ0n) is 11.8. The van der Waals surface area contributed by atoms with Crippen molar-refractivity contribution in [2.45, 2.75) is 51.1 Å². The zero-order chi connectivity index (χ0) is 12.8. The fourth-order valence-electron chi connectivity index (χ4n) is 5.30. The molecule has 2 heteroatoms. The van der Waals surface area contributed by atoms with Crippen molar-refractivity contribution >= 4 is 0 Å². The van der Waals surface area contributed by atoms with Crippen LogP contribution in [0.3, 0.4) is 0 Å². The predicted molar refractivity (Wildman–Crippen MR) is 76.6 cm³/mol. The molecule has 2 nitrogen and oxygen atoms in total. The van der Waals surface area contributed by atoms with Crippen molar-refractivity contribution in [1.29, 1.82) is 0 Å². The van der Waals surface area contributed by atoms with Crippen LogP contribution < -0.4 is 5.32 Å². The lowest BCUT2D eigenvalue weighted by molar-refractivity contribution is 0.199. The molecule has 4 rings (SSSR count). The highest BCUT2D eigenvalue weighted by Crippen LogP contribution is 2.58. The summed E-state index contributed by atoms with van der Waals surface area (Å²) in [5, 5.41) is 3.88. The number of pyridine rings is 1. The normalized spacial score (nSPS) is 41.4. The van der Waals surface area contributed by atoms with Crippen LogP contribution in [0.5, 0.6) is 0 Å². The number of hydrogen-bond donors (Lipinski definition) is 1. The molecular formula is C17H24N2. The van der Waals surface area contributed by atoms with Gasteiger partial charge in [0, 0.05) is 18.3 Å². The summed E-state index contributed by atoms with van der Waals surface area (Å²) in [7, 11) is 0. The lowest BCUT2D eigenvalue weighted by atomic mass is 9.79. The molecule has 3 fully saturated rings. The topological polar surface area (TPSA) is 24.9 Å². The van der Waals surface area contributed by atoms with Crippen molar-refractivity contribution in [3.05, 3.63) is 30.1 Å². The maximum absolute atomic E-state index is 4.49. The van der Waals surface area contributed by atoms with Gasteiger partial charge in [0.2, 0.25) is 0 Å². The van der Waals surface area contributed by atoms with E-state index < -0.39 is 0 Å². The van der Waals surface area contributed by atoms with Gasteiger partial charge in [0.1, 0.15) is 0 Å². The van der Waals surface area contributed by atoms with Gasteiger partial charge in [-0.3, -0.25) is 4.98 Å². The first-order chi connectivity index (χ1) is 9.33. The molecule has 1 N–H and O–H groups in total. The lowest BCUT2D eigenvalue weighted by Crippen LogP contribution is -2.40. The van der Waals surface area contributed by atoms with Gasteiger partial charge in [0.05, 0.1) is 5.69 Å². The van der Waals surface area contributed by atoms with Crippen LogP contribution in [-0.4, -0.2) is 11.0 Å². The third kappa shape index (κ3) is 1.92. The first kappa shape index (κ1) is 11.9. The summed E-state index contributed by atoms with van der Waals surface area (Å²) in [6.45, 7) is 2.26. The van der Waals surface area contributed by atoms with E-state index in [2.05, 4.69) is 29.4 Å². The third-order valence-corrected chi connectivity index (χ3v) is 6.02. The average Bonchev–Trinajstić information content (AvgIpc) is 3.11. The van der Waals surface area contributed by atoms with Crippen molar-refractivity contribution in [2.24, 2.45) is 23.7 Å². The Bertz CT molecular complexity index is 444. The molecule has 0 aromatic carbocycles. The molecule has 6 unspecified atom stereocenters. The van der Waals surface area contributed by atoms with Crippen LogP contribution in [0.2, 0.25) is 0 Å². The van der Waals surface area contributed by atoms with Gasteiger partial charge in [-0.1, -0.05) is 12.5 Å². The average molecular weight is 256 g/mol. The molecule has 1 aromatic rings. The Balaban J connectivity index is 1.45. The fourth-order valence-corrected chi connectivity index (χ4v) is 5.30.